The number of nitrogens with one attached hydrogen (secondary N) is 1. The zero-order valence-corrected chi connectivity index (χ0v) is 18.2. The van der Waals surface area contributed by atoms with Crippen LogP contribution in [0.25, 0.3) is 11.3 Å². The van der Waals surface area contributed by atoms with Crippen LogP contribution in [0.2, 0.25) is 0 Å². The Hall–Kier alpha value is -2.54. The molecule has 1 amide bonds. The highest BCUT2D eigenvalue weighted by atomic mass is 16.5. The van der Waals surface area contributed by atoms with Gasteiger partial charge in [0, 0.05) is 25.2 Å². The number of hydrogen-bond donors (Lipinski definition) is 1. The van der Waals surface area contributed by atoms with Crippen LogP contribution in [0, 0.1) is 5.92 Å². The van der Waals surface area contributed by atoms with E-state index in [1.165, 1.54) is 45.2 Å². The van der Waals surface area contributed by atoms with Crippen molar-refractivity contribution in [2.45, 2.75) is 38.1 Å². The Kier molecular flexibility index (Phi) is 6.27. The van der Waals surface area contributed by atoms with Gasteiger partial charge in [0.25, 0.3) is 5.91 Å². The second-order valence-corrected chi connectivity index (χ2v) is 8.32. The first-order valence-corrected chi connectivity index (χ1v) is 10.9. The molecule has 2 atom stereocenters. The molecule has 0 spiro atoms. The largest absolute Gasteiger partial charge is 0.493 e. The number of piperidine rings is 2. The number of carbonyl (C=O) groups excluding carboxylic acids is 1. The summed E-state index contributed by atoms with van der Waals surface area (Å²) in [5, 5.41) is 7.72. The van der Waals surface area contributed by atoms with E-state index in [2.05, 4.69) is 15.3 Å². The first-order valence-electron chi connectivity index (χ1n) is 10.9. The van der Waals surface area contributed by atoms with Crippen molar-refractivity contribution >= 4 is 5.91 Å². The van der Waals surface area contributed by atoms with Gasteiger partial charge in [-0.05, 0) is 69.0 Å². The van der Waals surface area contributed by atoms with Crippen LogP contribution in [-0.2, 0) is 7.05 Å². The van der Waals surface area contributed by atoms with E-state index in [1.807, 2.05) is 31.3 Å². The van der Waals surface area contributed by atoms with E-state index >= 15 is 0 Å². The van der Waals surface area contributed by atoms with Gasteiger partial charge in [0.15, 0.2) is 11.5 Å². The summed E-state index contributed by atoms with van der Waals surface area (Å²) in [6.07, 6.45) is 6.30. The summed E-state index contributed by atoms with van der Waals surface area (Å²) in [7, 11) is 5.03. The third-order valence-corrected chi connectivity index (χ3v) is 6.55. The van der Waals surface area contributed by atoms with Gasteiger partial charge in [0.2, 0.25) is 0 Å². The maximum Gasteiger partial charge on any atom is 0.269 e. The summed E-state index contributed by atoms with van der Waals surface area (Å²) in [5.41, 5.74) is 2.18. The number of fused-ring (bicyclic) bond motifs is 1. The summed E-state index contributed by atoms with van der Waals surface area (Å²) < 4.78 is 12.3. The highest BCUT2D eigenvalue weighted by Crippen LogP contribution is 2.32. The number of methoxy groups -OCH3 is 2. The molecule has 0 aliphatic carbocycles. The summed E-state index contributed by atoms with van der Waals surface area (Å²) in [5.74, 6) is 1.78. The number of rotatable bonds is 6. The van der Waals surface area contributed by atoms with Crippen molar-refractivity contribution in [3.8, 4) is 22.8 Å². The first kappa shape index (κ1) is 20.7. The lowest BCUT2D eigenvalue weighted by atomic mass is 9.83. The summed E-state index contributed by atoms with van der Waals surface area (Å²) >= 11 is 0. The van der Waals surface area contributed by atoms with Crippen LogP contribution in [0.1, 0.15) is 42.6 Å². The van der Waals surface area contributed by atoms with E-state index in [-0.39, 0.29) is 5.91 Å². The van der Waals surface area contributed by atoms with E-state index in [9.17, 15) is 4.79 Å². The number of carbonyl (C=O) groups is 1. The number of aryl methyl sites for hydroxylation is 1. The molecule has 0 bridgehead atoms. The van der Waals surface area contributed by atoms with Gasteiger partial charge < -0.3 is 19.7 Å². The third kappa shape index (κ3) is 4.17. The highest BCUT2D eigenvalue weighted by Gasteiger charge is 2.33. The van der Waals surface area contributed by atoms with Gasteiger partial charge in [-0.3, -0.25) is 9.48 Å². The molecule has 2 unspecified atom stereocenters. The molecule has 0 radical (unpaired) electrons. The quantitative estimate of drug-likeness (QED) is 0.790. The van der Waals surface area contributed by atoms with Crippen LogP contribution >= 0.6 is 0 Å². The van der Waals surface area contributed by atoms with Crippen LogP contribution in [0.3, 0.4) is 0 Å². The van der Waals surface area contributed by atoms with E-state index in [0.717, 1.165) is 17.8 Å². The Balaban J connectivity index is 1.44. The van der Waals surface area contributed by atoms with Crippen LogP contribution in [0.4, 0.5) is 0 Å². The van der Waals surface area contributed by atoms with Crippen LogP contribution in [-0.4, -0.2) is 60.5 Å². The number of ether oxygens (including phenoxy) is 2. The third-order valence-electron chi connectivity index (χ3n) is 6.55. The number of aromatic nitrogens is 2. The SMILES string of the molecule is COc1ccc(-c2cc(C(=O)NCC3CCCN4CCCCC34)n(C)n2)cc1OC. The highest BCUT2D eigenvalue weighted by molar-refractivity contribution is 5.93. The molecule has 3 heterocycles. The molecule has 2 fully saturated rings. The molecule has 2 aromatic rings. The van der Waals surface area contributed by atoms with Gasteiger partial charge >= 0.3 is 0 Å². The minimum absolute atomic E-state index is 0.0651. The molecule has 162 valence electrons. The predicted octanol–water partition coefficient (Wildman–Crippen LogP) is 3.10. The lowest BCUT2D eigenvalue weighted by Crippen LogP contribution is -2.51. The second-order valence-electron chi connectivity index (χ2n) is 8.32. The van der Waals surface area contributed by atoms with Gasteiger partial charge in [0.1, 0.15) is 5.69 Å². The van der Waals surface area contributed by atoms with E-state index in [4.69, 9.17) is 9.47 Å². The fourth-order valence-corrected chi connectivity index (χ4v) is 4.95. The van der Waals surface area contributed by atoms with E-state index in [1.54, 1.807) is 18.9 Å². The Morgan fingerprint density at radius 3 is 2.70 bits per heavy atom. The smallest absolute Gasteiger partial charge is 0.269 e. The zero-order valence-electron chi connectivity index (χ0n) is 18.2. The first-order chi connectivity index (χ1) is 14.6. The molecule has 1 aromatic heterocycles. The van der Waals surface area contributed by atoms with Crippen molar-refractivity contribution in [2.75, 3.05) is 33.9 Å². The second kappa shape index (κ2) is 9.08. The van der Waals surface area contributed by atoms with Crippen molar-refractivity contribution in [2.24, 2.45) is 13.0 Å². The van der Waals surface area contributed by atoms with Crippen molar-refractivity contribution in [3.63, 3.8) is 0 Å². The van der Waals surface area contributed by atoms with Crippen LogP contribution in [0.15, 0.2) is 24.3 Å². The molecule has 7 nitrogen and oxygen atoms in total. The van der Waals surface area contributed by atoms with Crippen molar-refractivity contribution in [1.29, 1.82) is 0 Å². The summed E-state index contributed by atoms with van der Waals surface area (Å²) in [4.78, 5) is 15.5. The molecule has 1 N–H and O–H groups in total. The van der Waals surface area contributed by atoms with Gasteiger partial charge in [0.05, 0.1) is 19.9 Å². The van der Waals surface area contributed by atoms with Crippen LogP contribution in [0.5, 0.6) is 11.5 Å². The normalized spacial score (nSPS) is 21.7. The number of hydrogen-bond acceptors (Lipinski definition) is 5. The molecule has 7 heteroatoms. The molecule has 2 saturated heterocycles. The fourth-order valence-electron chi connectivity index (χ4n) is 4.95. The molecule has 30 heavy (non-hydrogen) atoms. The maximum atomic E-state index is 12.9. The van der Waals surface area contributed by atoms with Gasteiger partial charge in [-0.1, -0.05) is 6.42 Å². The molecule has 2 aliphatic heterocycles. The fraction of sp³-hybridized carbons (Fsp3) is 0.565. The predicted molar refractivity (Wildman–Crippen MR) is 116 cm³/mol. The zero-order chi connectivity index (χ0) is 21.1. The maximum absolute atomic E-state index is 12.9. The molecule has 4 rings (SSSR count). The van der Waals surface area contributed by atoms with Crippen molar-refractivity contribution in [3.05, 3.63) is 30.0 Å². The molecular formula is C23H32N4O3. The Bertz CT molecular complexity index is 893. The summed E-state index contributed by atoms with van der Waals surface area (Å²) in [6.45, 7) is 3.16. The van der Waals surface area contributed by atoms with Gasteiger partial charge in [-0.2, -0.15) is 5.10 Å². The lowest BCUT2D eigenvalue weighted by Gasteiger charge is -2.44. The standard InChI is InChI=1S/C23H32N4O3/c1-26-20(14-18(25-26)16-9-10-21(29-2)22(13-16)30-3)23(28)24-15-17-7-6-12-27-11-5-4-8-19(17)27/h9-10,13-14,17,19H,4-8,11-12,15H2,1-3H3,(H,24,28). The molecule has 1 aromatic carbocycles. The minimum Gasteiger partial charge on any atom is -0.493 e. The Labute approximate surface area is 178 Å². The number of nitrogens with zero attached hydrogens (tertiary/aromatic N) is 3. The summed E-state index contributed by atoms with van der Waals surface area (Å²) in [6, 6.07) is 8.11. The monoisotopic (exact) mass is 412 g/mol. The van der Waals surface area contributed by atoms with Crippen molar-refractivity contribution in [1.82, 2.24) is 20.0 Å². The van der Waals surface area contributed by atoms with Crippen molar-refractivity contribution < 1.29 is 14.3 Å². The average Bonchev–Trinajstić information content (AvgIpc) is 3.18. The topological polar surface area (TPSA) is 68.6 Å². The number of benzene rings is 1. The van der Waals surface area contributed by atoms with Gasteiger partial charge in [-0.25, -0.2) is 0 Å². The molecule has 0 saturated carbocycles. The van der Waals surface area contributed by atoms with Crippen LogP contribution < -0.4 is 14.8 Å². The Morgan fingerprint density at radius 1 is 1.10 bits per heavy atom. The molecule has 2 aliphatic rings. The van der Waals surface area contributed by atoms with Gasteiger partial charge in [-0.15, -0.1) is 0 Å². The van der Waals surface area contributed by atoms with E-state index in [0.29, 0.717) is 29.2 Å². The minimum atomic E-state index is -0.0651. The number of amides is 1. The molecular weight excluding hydrogens is 380 g/mol. The van der Waals surface area contributed by atoms with E-state index < -0.39 is 0 Å². The lowest BCUT2D eigenvalue weighted by molar-refractivity contribution is 0.0574. The average molecular weight is 413 g/mol. The Morgan fingerprint density at radius 2 is 1.90 bits per heavy atom.